The van der Waals surface area contributed by atoms with Crippen LogP contribution in [0.15, 0.2) is 58.2 Å². The molecule has 30 heavy (non-hydrogen) atoms. The van der Waals surface area contributed by atoms with Crippen molar-refractivity contribution in [1.82, 2.24) is 20.0 Å². The monoisotopic (exact) mass is 424 g/mol. The molecule has 2 heterocycles. The lowest BCUT2D eigenvalue weighted by Crippen LogP contribution is -2.01. The van der Waals surface area contributed by atoms with Crippen molar-refractivity contribution in [3.63, 3.8) is 0 Å². The smallest absolute Gasteiger partial charge is 0.276 e. The second-order valence-corrected chi connectivity index (χ2v) is 8.06. The second kappa shape index (κ2) is 8.02. The van der Waals surface area contributed by atoms with Gasteiger partial charge in [-0.25, -0.2) is 13.5 Å². The molecule has 0 aliphatic heterocycles. The minimum absolute atomic E-state index is 0.259. The number of thioether (sulfide) groups is 1. The molecule has 0 amide bonds. The third kappa shape index (κ3) is 3.75. The zero-order valence-corrected chi connectivity index (χ0v) is 16.8. The van der Waals surface area contributed by atoms with Crippen LogP contribution in [0.25, 0.3) is 5.69 Å². The first-order chi connectivity index (χ1) is 14.7. The van der Waals surface area contributed by atoms with Crippen molar-refractivity contribution in [3.8, 4) is 5.69 Å². The number of nitrogens with zero attached hydrogens (tertiary/aromatic N) is 4. The first kappa shape index (κ1) is 19.0. The van der Waals surface area contributed by atoms with Gasteiger partial charge >= 0.3 is 0 Å². The summed E-state index contributed by atoms with van der Waals surface area (Å²) in [6.07, 6.45) is 3.28. The Bertz CT molecular complexity index is 1190. The van der Waals surface area contributed by atoms with Crippen LogP contribution >= 0.6 is 11.8 Å². The third-order valence-corrected chi connectivity index (χ3v) is 5.99. The van der Waals surface area contributed by atoms with Crippen molar-refractivity contribution in [2.75, 3.05) is 0 Å². The van der Waals surface area contributed by atoms with Gasteiger partial charge in [0.15, 0.2) is 0 Å². The van der Waals surface area contributed by atoms with Crippen LogP contribution in [-0.2, 0) is 25.0 Å². The molecule has 0 fully saturated rings. The summed E-state index contributed by atoms with van der Waals surface area (Å²) >= 11 is 1.42. The maximum absolute atomic E-state index is 13.8. The Hall–Kier alpha value is -3.00. The van der Waals surface area contributed by atoms with Gasteiger partial charge in [-0.2, -0.15) is 5.10 Å². The largest absolute Gasteiger partial charge is 0.416 e. The highest BCUT2D eigenvalue weighted by molar-refractivity contribution is 7.98. The molecule has 152 valence electrons. The summed E-state index contributed by atoms with van der Waals surface area (Å²) in [5.74, 6) is 0.426. The van der Waals surface area contributed by atoms with E-state index >= 15 is 0 Å². The van der Waals surface area contributed by atoms with E-state index in [1.165, 1.54) is 41.2 Å². The van der Waals surface area contributed by atoms with E-state index < -0.39 is 0 Å². The molecule has 1 aliphatic rings. The number of benzene rings is 2. The van der Waals surface area contributed by atoms with Gasteiger partial charge in [-0.15, -0.1) is 10.2 Å². The second-order valence-electron chi connectivity index (χ2n) is 7.13. The normalized spacial score (nSPS) is 13.0. The third-order valence-electron chi connectivity index (χ3n) is 5.16. The molecular formula is C22H18F2N4OS. The molecule has 0 radical (unpaired) electrons. The molecule has 4 aromatic rings. The van der Waals surface area contributed by atoms with E-state index in [0.29, 0.717) is 22.4 Å². The number of halogens is 2. The maximum atomic E-state index is 13.8. The fourth-order valence-corrected chi connectivity index (χ4v) is 4.47. The lowest BCUT2D eigenvalue weighted by molar-refractivity contribution is 0.418. The van der Waals surface area contributed by atoms with E-state index in [1.807, 2.05) is 4.68 Å². The topological polar surface area (TPSA) is 56.7 Å². The number of fused-ring (bicyclic) bond motifs is 1. The first-order valence-electron chi connectivity index (χ1n) is 9.71. The fraction of sp³-hybridized carbons (Fsp3) is 0.227. The van der Waals surface area contributed by atoms with E-state index in [2.05, 4.69) is 10.2 Å². The zero-order chi connectivity index (χ0) is 20.5. The molecular weight excluding hydrogens is 406 g/mol. The van der Waals surface area contributed by atoms with Gasteiger partial charge in [0.2, 0.25) is 5.89 Å². The van der Waals surface area contributed by atoms with E-state index in [0.717, 1.165) is 30.6 Å². The SMILES string of the molecule is Fc1ccc(-n2nc(CSc3nnc(Cc4ccccc4F)o3)c3c2CCC3)cc1. The van der Waals surface area contributed by atoms with Gasteiger partial charge in [-0.05, 0) is 60.7 Å². The molecule has 0 bridgehead atoms. The summed E-state index contributed by atoms with van der Waals surface area (Å²) in [6.45, 7) is 0. The summed E-state index contributed by atoms with van der Waals surface area (Å²) in [6, 6.07) is 12.9. The maximum Gasteiger partial charge on any atom is 0.276 e. The molecule has 0 saturated carbocycles. The summed E-state index contributed by atoms with van der Waals surface area (Å²) in [5, 5.41) is 13.3. The fourth-order valence-electron chi connectivity index (χ4n) is 3.73. The molecule has 0 atom stereocenters. The molecule has 5 nitrogen and oxygen atoms in total. The highest BCUT2D eigenvalue weighted by atomic mass is 32.2. The van der Waals surface area contributed by atoms with Gasteiger partial charge in [0.1, 0.15) is 11.6 Å². The van der Waals surface area contributed by atoms with Crippen LogP contribution < -0.4 is 0 Å². The summed E-state index contributed by atoms with van der Waals surface area (Å²) in [7, 11) is 0. The van der Waals surface area contributed by atoms with E-state index in [1.54, 1.807) is 30.3 Å². The first-order valence-corrected chi connectivity index (χ1v) is 10.7. The Morgan fingerprint density at radius 3 is 2.67 bits per heavy atom. The highest BCUT2D eigenvalue weighted by Gasteiger charge is 2.23. The number of hydrogen-bond donors (Lipinski definition) is 0. The Labute approximate surface area is 176 Å². The van der Waals surface area contributed by atoms with Gasteiger partial charge in [0.05, 0.1) is 17.8 Å². The average Bonchev–Trinajstić information content (AvgIpc) is 3.46. The van der Waals surface area contributed by atoms with Crippen LogP contribution in [0.2, 0.25) is 0 Å². The van der Waals surface area contributed by atoms with Gasteiger partial charge in [-0.1, -0.05) is 30.0 Å². The van der Waals surface area contributed by atoms with Crippen LogP contribution in [0.4, 0.5) is 8.78 Å². The predicted octanol–water partition coefficient (Wildman–Crippen LogP) is 4.91. The molecule has 5 rings (SSSR count). The quantitative estimate of drug-likeness (QED) is 0.412. The van der Waals surface area contributed by atoms with Crippen molar-refractivity contribution in [2.24, 2.45) is 0 Å². The molecule has 0 N–H and O–H groups in total. The van der Waals surface area contributed by atoms with E-state index in [4.69, 9.17) is 9.52 Å². The summed E-state index contributed by atoms with van der Waals surface area (Å²) in [4.78, 5) is 0. The van der Waals surface area contributed by atoms with Crippen molar-refractivity contribution in [1.29, 1.82) is 0 Å². The van der Waals surface area contributed by atoms with Crippen molar-refractivity contribution >= 4 is 11.8 Å². The van der Waals surface area contributed by atoms with E-state index in [-0.39, 0.29) is 18.1 Å². The minimum Gasteiger partial charge on any atom is -0.416 e. The number of aromatic nitrogens is 4. The number of hydrogen-bond acceptors (Lipinski definition) is 5. The van der Waals surface area contributed by atoms with Crippen LogP contribution in [0.5, 0.6) is 0 Å². The highest BCUT2D eigenvalue weighted by Crippen LogP contribution is 2.31. The Morgan fingerprint density at radius 2 is 1.83 bits per heavy atom. The van der Waals surface area contributed by atoms with Crippen LogP contribution in [-0.4, -0.2) is 20.0 Å². The standard InChI is InChI=1S/C22H18F2N4OS/c23-15-8-10-16(11-9-15)28-20-7-3-5-17(20)19(27-28)13-30-22-26-25-21(29-22)12-14-4-1-2-6-18(14)24/h1-2,4,6,8-11H,3,5,7,12-13H2. The van der Waals surface area contributed by atoms with Gasteiger partial charge in [0.25, 0.3) is 5.22 Å². The molecule has 8 heteroatoms. The molecule has 1 aliphatic carbocycles. The Balaban J connectivity index is 1.32. The molecule has 0 saturated heterocycles. The Kier molecular flexibility index (Phi) is 5.08. The molecule has 0 spiro atoms. The van der Waals surface area contributed by atoms with Gasteiger partial charge in [-0.3, -0.25) is 0 Å². The zero-order valence-electron chi connectivity index (χ0n) is 16.0. The Morgan fingerprint density at radius 1 is 1.00 bits per heavy atom. The van der Waals surface area contributed by atoms with E-state index in [9.17, 15) is 8.78 Å². The van der Waals surface area contributed by atoms with Gasteiger partial charge < -0.3 is 4.42 Å². The molecule has 0 unspecified atom stereocenters. The van der Waals surface area contributed by atoms with Crippen LogP contribution in [0.3, 0.4) is 0 Å². The molecule has 2 aromatic carbocycles. The summed E-state index contributed by atoms with van der Waals surface area (Å²) < 4.78 is 34.7. The van der Waals surface area contributed by atoms with Gasteiger partial charge in [0, 0.05) is 11.4 Å². The van der Waals surface area contributed by atoms with Crippen molar-refractivity contribution in [2.45, 2.75) is 36.7 Å². The number of rotatable bonds is 6. The van der Waals surface area contributed by atoms with Crippen LogP contribution in [0, 0.1) is 11.6 Å². The predicted molar refractivity (Wildman–Crippen MR) is 109 cm³/mol. The minimum atomic E-state index is -0.285. The molecule has 2 aromatic heterocycles. The van der Waals surface area contributed by atoms with Crippen LogP contribution in [0.1, 0.15) is 34.8 Å². The van der Waals surface area contributed by atoms with Crippen molar-refractivity contribution in [3.05, 3.63) is 88.6 Å². The summed E-state index contributed by atoms with van der Waals surface area (Å²) in [5.41, 5.74) is 4.79. The van der Waals surface area contributed by atoms with Crippen molar-refractivity contribution < 1.29 is 13.2 Å². The average molecular weight is 424 g/mol. The lowest BCUT2D eigenvalue weighted by atomic mass is 10.1. The lowest BCUT2D eigenvalue weighted by Gasteiger charge is -2.05.